The minimum Gasteiger partial charge on any atom is -0.450 e. The standard InChI is InChI=1S/C20H21N3O5S/c1-14-8-15(2)13-22(12-14)29(26,27)18-6-7-20(19(10-18)23(24)25)28-17-5-3-4-16(9-17)11-21/h3-7,9-10,14-15H,8,12-13H2,1-2H3/t14-,15+. The Morgan fingerprint density at radius 1 is 1.17 bits per heavy atom. The van der Waals surface area contributed by atoms with Crippen LogP contribution in [0.3, 0.4) is 0 Å². The van der Waals surface area contributed by atoms with Gasteiger partial charge < -0.3 is 4.74 Å². The lowest BCUT2D eigenvalue weighted by Crippen LogP contribution is -2.42. The summed E-state index contributed by atoms with van der Waals surface area (Å²) in [6.45, 7) is 4.76. The molecule has 0 saturated carbocycles. The van der Waals surface area contributed by atoms with Gasteiger partial charge in [0.25, 0.3) is 0 Å². The van der Waals surface area contributed by atoms with Crippen molar-refractivity contribution in [1.82, 2.24) is 4.31 Å². The Morgan fingerprint density at radius 2 is 1.86 bits per heavy atom. The van der Waals surface area contributed by atoms with Crippen molar-refractivity contribution < 1.29 is 18.1 Å². The summed E-state index contributed by atoms with van der Waals surface area (Å²) in [5, 5.41) is 20.5. The molecule has 0 aromatic heterocycles. The molecular formula is C20H21N3O5S. The molecule has 0 radical (unpaired) electrons. The van der Waals surface area contributed by atoms with Crippen molar-refractivity contribution in [2.24, 2.45) is 11.8 Å². The van der Waals surface area contributed by atoms with Gasteiger partial charge in [0.2, 0.25) is 15.8 Å². The molecule has 0 aliphatic carbocycles. The van der Waals surface area contributed by atoms with Gasteiger partial charge in [-0.05, 0) is 48.6 Å². The van der Waals surface area contributed by atoms with Crippen molar-refractivity contribution in [3.8, 4) is 17.6 Å². The Labute approximate surface area is 169 Å². The van der Waals surface area contributed by atoms with Crippen LogP contribution in [0.4, 0.5) is 5.69 Å². The van der Waals surface area contributed by atoms with E-state index in [4.69, 9.17) is 10.00 Å². The second-order valence-corrected chi connectivity index (χ2v) is 9.33. The fourth-order valence-corrected chi connectivity index (χ4v) is 5.29. The number of hydrogen-bond donors (Lipinski definition) is 0. The molecule has 9 heteroatoms. The molecule has 1 saturated heterocycles. The minimum atomic E-state index is -3.85. The third-order valence-corrected chi connectivity index (χ3v) is 6.62. The number of piperidine rings is 1. The summed E-state index contributed by atoms with van der Waals surface area (Å²) in [6.07, 6.45) is 0.945. The van der Waals surface area contributed by atoms with Crippen LogP contribution in [-0.4, -0.2) is 30.7 Å². The Morgan fingerprint density at radius 3 is 2.48 bits per heavy atom. The second kappa shape index (κ2) is 8.19. The Hall–Kier alpha value is -2.96. The Kier molecular flexibility index (Phi) is 5.86. The average molecular weight is 415 g/mol. The van der Waals surface area contributed by atoms with E-state index < -0.39 is 20.6 Å². The van der Waals surface area contributed by atoms with E-state index >= 15 is 0 Å². The molecule has 8 nitrogen and oxygen atoms in total. The second-order valence-electron chi connectivity index (χ2n) is 7.40. The van der Waals surface area contributed by atoms with Gasteiger partial charge >= 0.3 is 5.69 Å². The van der Waals surface area contributed by atoms with E-state index in [-0.39, 0.29) is 28.2 Å². The number of nitro benzene ring substituents is 1. The Balaban J connectivity index is 1.95. The van der Waals surface area contributed by atoms with E-state index in [1.807, 2.05) is 19.9 Å². The van der Waals surface area contributed by atoms with E-state index in [9.17, 15) is 18.5 Å². The van der Waals surface area contributed by atoms with Crippen LogP contribution in [0.1, 0.15) is 25.8 Å². The average Bonchev–Trinajstić information content (AvgIpc) is 2.67. The fraction of sp³-hybridized carbons (Fsp3) is 0.350. The van der Waals surface area contributed by atoms with Crippen molar-refractivity contribution >= 4 is 15.7 Å². The van der Waals surface area contributed by atoms with Crippen molar-refractivity contribution in [3.63, 3.8) is 0 Å². The molecule has 2 atom stereocenters. The fourth-order valence-electron chi connectivity index (χ4n) is 3.59. The van der Waals surface area contributed by atoms with Crippen LogP contribution >= 0.6 is 0 Å². The summed E-state index contributed by atoms with van der Waals surface area (Å²) in [5.41, 5.74) is -0.107. The van der Waals surface area contributed by atoms with Gasteiger partial charge in [-0.3, -0.25) is 10.1 Å². The van der Waals surface area contributed by atoms with Crippen LogP contribution < -0.4 is 4.74 Å². The van der Waals surface area contributed by atoms with Gasteiger partial charge in [-0.1, -0.05) is 19.9 Å². The predicted molar refractivity (Wildman–Crippen MR) is 106 cm³/mol. The van der Waals surface area contributed by atoms with Crippen molar-refractivity contribution in [2.75, 3.05) is 13.1 Å². The maximum absolute atomic E-state index is 13.0. The number of nitro groups is 1. The molecule has 2 aromatic rings. The highest BCUT2D eigenvalue weighted by Gasteiger charge is 2.33. The molecule has 152 valence electrons. The lowest BCUT2D eigenvalue weighted by Gasteiger charge is -2.34. The van der Waals surface area contributed by atoms with Crippen LogP contribution in [0.5, 0.6) is 11.5 Å². The number of sulfonamides is 1. The first kappa shape index (κ1) is 20.8. The molecule has 1 fully saturated rings. The first-order valence-electron chi connectivity index (χ1n) is 9.17. The van der Waals surface area contributed by atoms with Gasteiger partial charge in [-0.15, -0.1) is 0 Å². The molecule has 2 aromatic carbocycles. The maximum Gasteiger partial charge on any atom is 0.312 e. The number of rotatable bonds is 5. The zero-order chi connectivity index (χ0) is 21.2. The third-order valence-electron chi connectivity index (χ3n) is 4.79. The van der Waals surface area contributed by atoms with E-state index in [0.717, 1.165) is 12.5 Å². The smallest absolute Gasteiger partial charge is 0.312 e. The van der Waals surface area contributed by atoms with Crippen molar-refractivity contribution in [2.45, 2.75) is 25.2 Å². The highest BCUT2D eigenvalue weighted by molar-refractivity contribution is 7.89. The van der Waals surface area contributed by atoms with E-state index in [2.05, 4.69) is 0 Å². The van der Waals surface area contributed by atoms with Crippen LogP contribution in [0, 0.1) is 33.3 Å². The summed E-state index contributed by atoms with van der Waals surface area (Å²) in [7, 11) is -3.85. The molecule has 1 aliphatic rings. The zero-order valence-electron chi connectivity index (χ0n) is 16.1. The summed E-state index contributed by atoms with van der Waals surface area (Å²) in [5.74, 6) is 0.600. The van der Waals surface area contributed by atoms with Crippen LogP contribution in [-0.2, 0) is 10.0 Å². The SMILES string of the molecule is C[C@@H]1C[C@H](C)CN(S(=O)(=O)c2ccc(Oc3cccc(C#N)c3)c([N+](=O)[O-])c2)C1. The maximum atomic E-state index is 13.0. The van der Waals surface area contributed by atoms with Gasteiger partial charge in [0.05, 0.1) is 21.5 Å². The molecule has 0 N–H and O–H groups in total. The minimum absolute atomic E-state index is 0.0931. The Bertz CT molecular complexity index is 1070. The number of nitrogens with zero attached hydrogens (tertiary/aromatic N) is 3. The molecule has 1 aliphatic heterocycles. The van der Waals surface area contributed by atoms with E-state index in [1.165, 1.54) is 22.5 Å². The number of ether oxygens (including phenoxy) is 1. The van der Waals surface area contributed by atoms with Crippen LogP contribution in [0.25, 0.3) is 0 Å². The first-order chi connectivity index (χ1) is 13.7. The number of hydrogen-bond acceptors (Lipinski definition) is 6. The predicted octanol–water partition coefficient (Wildman–Crippen LogP) is 3.93. The number of benzene rings is 2. The lowest BCUT2D eigenvalue weighted by molar-refractivity contribution is -0.385. The summed E-state index contributed by atoms with van der Waals surface area (Å²) < 4.78 is 33.0. The quantitative estimate of drug-likeness (QED) is 0.540. The van der Waals surface area contributed by atoms with Crippen molar-refractivity contribution in [1.29, 1.82) is 5.26 Å². The van der Waals surface area contributed by atoms with E-state index in [0.29, 0.717) is 18.7 Å². The van der Waals surface area contributed by atoms with Gasteiger partial charge in [0, 0.05) is 19.2 Å². The molecular weight excluding hydrogens is 394 g/mol. The first-order valence-corrected chi connectivity index (χ1v) is 10.6. The molecule has 1 heterocycles. The van der Waals surface area contributed by atoms with Gasteiger partial charge in [-0.25, -0.2) is 8.42 Å². The third kappa shape index (κ3) is 4.55. The molecule has 0 unspecified atom stereocenters. The van der Waals surface area contributed by atoms with Gasteiger partial charge in [0.15, 0.2) is 0 Å². The summed E-state index contributed by atoms with van der Waals surface area (Å²) in [6, 6.07) is 11.8. The highest BCUT2D eigenvalue weighted by Crippen LogP contribution is 2.35. The zero-order valence-corrected chi connectivity index (χ0v) is 16.9. The lowest BCUT2D eigenvalue weighted by atomic mass is 9.94. The largest absolute Gasteiger partial charge is 0.450 e. The molecule has 0 bridgehead atoms. The molecule has 0 spiro atoms. The summed E-state index contributed by atoms with van der Waals surface area (Å²) >= 11 is 0. The van der Waals surface area contributed by atoms with Crippen LogP contribution in [0.2, 0.25) is 0 Å². The summed E-state index contributed by atoms with van der Waals surface area (Å²) in [4.78, 5) is 10.7. The molecule has 29 heavy (non-hydrogen) atoms. The van der Waals surface area contributed by atoms with E-state index in [1.54, 1.807) is 18.2 Å². The normalized spacial score (nSPS) is 20.0. The van der Waals surface area contributed by atoms with Gasteiger partial charge in [-0.2, -0.15) is 9.57 Å². The van der Waals surface area contributed by atoms with Gasteiger partial charge in [0.1, 0.15) is 5.75 Å². The van der Waals surface area contributed by atoms with Crippen LogP contribution in [0.15, 0.2) is 47.4 Å². The monoisotopic (exact) mass is 415 g/mol. The highest BCUT2D eigenvalue weighted by atomic mass is 32.2. The number of nitriles is 1. The molecule has 3 rings (SSSR count). The molecule has 0 amide bonds. The van der Waals surface area contributed by atoms with Crippen molar-refractivity contribution in [3.05, 3.63) is 58.1 Å². The topological polar surface area (TPSA) is 114 Å².